The predicted molar refractivity (Wildman–Crippen MR) is 158 cm³/mol. The van der Waals surface area contributed by atoms with Gasteiger partial charge in [-0.25, -0.2) is 0 Å². The lowest BCUT2D eigenvalue weighted by molar-refractivity contribution is 0.310. The minimum atomic E-state index is 0.734. The number of thiol groups is 2. The van der Waals surface area contributed by atoms with Crippen LogP contribution in [0.25, 0.3) is 0 Å². The Morgan fingerprint density at radius 3 is 1.17 bits per heavy atom. The minimum absolute atomic E-state index is 0.734. The molecule has 30 heavy (non-hydrogen) atoms. The number of unbranched alkanes of at least 4 members (excludes halogenated alkanes) is 8. The van der Waals surface area contributed by atoms with E-state index in [9.17, 15) is 0 Å². The summed E-state index contributed by atoms with van der Waals surface area (Å²) >= 11 is 20.0. The molecule has 0 aliphatic rings. The molecule has 182 valence electrons. The SMILES string of the molecule is CCCCCOC(=S)SCCCCC.CCCCCOC(=S)SCCCCC.SS. The first-order chi connectivity index (χ1) is 14.6. The molecule has 0 aromatic rings. The first kappa shape index (κ1) is 35.8. The molecule has 0 unspecified atom stereocenters. The molecule has 0 rings (SSSR count). The van der Waals surface area contributed by atoms with Crippen LogP contribution in [0, 0.1) is 0 Å². The standard InChI is InChI=1S/2C11H22OS2.H2S2/c2*1-3-5-7-9-12-11(13)14-10-8-6-4-2;1-2/h2*3-10H2,1-2H3;1-2H. The van der Waals surface area contributed by atoms with E-state index in [1.165, 1.54) is 64.2 Å². The highest BCUT2D eigenvalue weighted by Gasteiger charge is 1.99. The van der Waals surface area contributed by atoms with Crippen LogP contribution in [0.5, 0.6) is 0 Å². The minimum Gasteiger partial charge on any atom is -0.479 e. The molecule has 0 fully saturated rings. The first-order valence-electron chi connectivity index (χ1n) is 11.4. The van der Waals surface area contributed by atoms with E-state index in [-0.39, 0.29) is 0 Å². The van der Waals surface area contributed by atoms with E-state index < -0.39 is 0 Å². The van der Waals surface area contributed by atoms with E-state index in [1.807, 2.05) is 0 Å². The Kier molecular flexibility index (Phi) is 41.5. The lowest BCUT2D eigenvalue weighted by Gasteiger charge is -2.05. The molecule has 0 saturated heterocycles. The van der Waals surface area contributed by atoms with Crippen molar-refractivity contribution in [3.63, 3.8) is 0 Å². The van der Waals surface area contributed by atoms with Crippen LogP contribution in [-0.4, -0.2) is 33.5 Å². The van der Waals surface area contributed by atoms with Gasteiger partial charge in [0.05, 0.1) is 13.2 Å². The Labute approximate surface area is 217 Å². The molecule has 0 aromatic carbocycles. The van der Waals surface area contributed by atoms with Gasteiger partial charge >= 0.3 is 0 Å². The first-order valence-corrected chi connectivity index (χ1v) is 15.8. The van der Waals surface area contributed by atoms with Gasteiger partial charge in [0.2, 0.25) is 8.77 Å². The fourth-order valence-electron chi connectivity index (χ4n) is 2.11. The highest BCUT2D eigenvalue weighted by atomic mass is 33.1. The fourth-order valence-corrected chi connectivity index (χ4v) is 4.14. The van der Waals surface area contributed by atoms with Gasteiger partial charge in [-0.15, -0.1) is 23.3 Å². The highest BCUT2D eigenvalue weighted by Crippen LogP contribution is 2.11. The van der Waals surface area contributed by atoms with E-state index in [1.54, 1.807) is 23.5 Å². The van der Waals surface area contributed by atoms with Crippen molar-refractivity contribution < 1.29 is 9.47 Å². The molecule has 0 aromatic heterocycles. The third kappa shape index (κ3) is 36.5. The Morgan fingerprint density at radius 1 is 0.567 bits per heavy atom. The topological polar surface area (TPSA) is 18.5 Å². The van der Waals surface area contributed by atoms with Gasteiger partial charge in [0.25, 0.3) is 0 Å². The summed E-state index contributed by atoms with van der Waals surface area (Å²) in [7, 11) is 0. The third-order valence-electron chi connectivity index (χ3n) is 3.87. The molecule has 8 heteroatoms. The smallest absolute Gasteiger partial charge is 0.219 e. The van der Waals surface area contributed by atoms with Gasteiger partial charge in [0.1, 0.15) is 0 Å². The highest BCUT2D eigenvalue weighted by molar-refractivity contribution is 8.59. The summed E-state index contributed by atoms with van der Waals surface area (Å²) in [5, 5.41) is 0. The van der Waals surface area contributed by atoms with E-state index in [0.29, 0.717) is 0 Å². The van der Waals surface area contributed by atoms with Gasteiger partial charge in [-0.1, -0.05) is 103 Å². The van der Waals surface area contributed by atoms with Crippen LogP contribution in [0.15, 0.2) is 0 Å². The second-order valence-electron chi connectivity index (χ2n) is 6.72. The molecule has 2 nitrogen and oxygen atoms in total. The van der Waals surface area contributed by atoms with Crippen LogP contribution in [0.4, 0.5) is 0 Å². The summed E-state index contributed by atoms with van der Waals surface area (Å²) in [5.74, 6) is 2.22. The van der Waals surface area contributed by atoms with E-state index in [0.717, 1.165) is 46.3 Å². The molecule has 0 N–H and O–H groups in total. The Morgan fingerprint density at radius 2 is 0.867 bits per heavy atom. The van der Waals surface area contributed by atoms with Crippen LogP contribution in [0.1, 0.15) is 105 Å². The van der Waals surface area contributed by atoms with Crippen molar-refractivity contribution in [1.82, 2.24) is 0 Å². The van der Waals surface area contributed by atoms with Gasteiger partial charge < -0.3 is 9.47 Å². The second-order valence-corrected chi connectivity index (χ2v) is 10.1. The van der Waals surface area contributed by atoms with Crippen molar-refractivity contribution in [2.45, 2.75) is 105 Å². The van der Waals surface area contributed by atoms with Gasteiger partial charge in [-0.3, -0.25) is 0 Å². The van der Waals surface area contributed by atoms with Crippen LogP contribution in [0.3, 0.4) is 0 Å². The predicted octanol–water partition coefficient (Wildman–Crippen LogP) is 9.56. The monoisotopic (exact) mass is 534 g/mol. The van der Waals surface area contributed by atoms with Crippen LogP contribution in [0.2, 0.25) is 0 Å². The van der Waals surface area contributed by atoms with Gasteiger partial charge in [-0.05, 0) is 50.1 Å². The zero-order chi connectivity index (χ0) is 23.3. The summed E-state index contributed by atoms with van der Waals surface area (Å²) < 4.78 is 12.3. The van der Waals surface area contributed by atoms with E-state index in [2.05, 4.69) is 51.0 Å². The van der Waals surface area contributed by atoms with Crippen molar-refractivity contribution >= 4 is 80.0 Å². The maximum Gasteiger partial charge on any atom is 0.219 e. The van der Waals surface area contributed by atoms with Crippen LogP contribution in [-0.2, 0) is 9.47 Å². The average molecular weight is 535 g/mol. The fraction of sp³-hybridized carbons (Fsp3) is 0.909. The lowest BCUT2D eigenvalue weighted by Crippen LogP contribution is -2.00. The maximum absolute atomic E-state index is 5.42. The van der Waals surface area contributed by atoms with Crippen molar-refractivity contribution in [3.05, 3.63) is 0 Å². The molecule has 0 bridgehead atoms. The summed E-state index contributed by atoms with van der Waals surface area (Å²) in [5.41, 5.74) is 0. The van der Waals surface area contributed by atoms with E-state index in [4.69, 9.17) is 33.9 Å². The number of hydrogen-bond donors (Lipinski definition) is 2. The normalized spacial score (nSPS) is 9.67. The summed E-state index contributed by atoms with van der Waals surface area (Å²) in [6.07, 6.45) is 14.8. The van der Waals surface area contributed by atoms with Gasteiger partial charge in [0, 0.05) is 11.5 Å². The molecule has 0 spiro atoms. The van der Waals surface area contributed by atoms with Crippen molar-refractivity contribution in [1.29, 1.82) is 0 Å². The molecule has 0 heterocycles. The van der Waals surface area contributed by atoms with Crippen molar-refractivity contribution in [2.24, 2.45) is 0 Å². The quantitative estimate of drug-likeness (QED) is 0.0882. The molecular weight excluding hydrogens is 489 g/mol. The Bertz CT molecular complexity index is 284. The third-order valence-corrected chi connectivity index (χ3v) is 6.51. The van der Waals surface area contributed by atoms with Crippen molar-refractivity contribution in [2.75, 3.05) is 24.7 Å². The zero-order valence-corrected chi connectivity index (χ0v) is 24.7. The molecule has 0 atom stereocenters. The summed E-state index contributed by atoms with van der Waals surface area (Å²) in [6, 6.07) is 0. The summed E-state index contributed by atoms with van der Waals surface area (Å²) in [4.78, 5) is 0. The van der Waals surface area contributed by atoms with Gasteiger partial charge in [0.15, 0.2) is 0 Å². The van der Waals surface area contributed by atoms with Gasteiger partial charge in [-0.2, -0.15) is 0 Å². The maximum atomic E-state index is 5.42. The lowest BCUT2D eigenvalue weighted by atomic mass is 10.3. The molecule has 0 aliphatic carbocycles. The Hall–Kier alpha value is 1.18. The zero-order valence-electron chi connectivity index (χ0n) is 19.7. The van der Waals surface area contributed by atoms with Crippen molar-refractivity contribution in [3.8, 4) is 0 Å². The van der Waals surface area contributed by atoms with E-state index >= 15 is 0 Å². The molecule has 0 amide bonds. The second kappa shape index (κ2) is 34.8. The number of hydrogen-bond acceptors (Lipinski definition) is 8. The largest absolute Gasteiger partial charge is 0.479 e. The Balaban J connectivity index is -0.000000448. The molecule has 0 aliphatic heterocycles. The summed E-state index contributed by atoms with van der Waals surface area (Å²) in [6.45, 7) is 10.4. The number of thioether (sulfide) groups is 2. The number of rotatable bonds is 16. The molecule has 0 saturated carbocycles. The molecular formula is C22H46O2S6. The van der Waals surface area contributed by atoms with Crippen LogP contribution >= 0.6 is 71.3 Å². The number of thiocarbonyl (C=S) groups is 2. The number of ether oxygens (including phenoxy) is 2. The average Bonchev–Trinajstić information content (AvgIpc) is 2.77. The molecule has 0 radical (unpaired) electrons. The van der Waals surface area contributed by atoms with Crippen LogP contribution < -0.4 is 0 Å².